The van der Waals surface area contributed by atoms with Crippen LogP contribution in [0.3, 0.4) is 0 Å². The van der Waals surface area contributed by atoms with Crippen LogP contribution in [0, 0.1) is 11.3 Å². The van der Waals surface area contributed by atoms with E-state index in [-0.39, 0.29) is 9.80 Å². The van der Waals surface area contributed by atoms with Crippen LogP contribution in [-0.2, 0) is 9.84 Å². The summed E-state index contributed by atoms with van der Waals surface area (Å²) in [5, 5.41) is 8.85. The maximum Gasteiger partial charge on any atom is 0.216 e. The van der Waals surface area contributed by atoms with Gasteiger partial charge in [0.15, 0.2) is 0 Å². The second kappa shape index (κ2) is 5.47. The fourth-order valence-corrected chi connectivity index (χ4v) is 2.44. The van der Waals surface area contributed by atoms with Crippen molar-refractivity contribution in [2.24, 2.45) is 0 Å². The predicted molar refractivity (Wildman–Crippen MR) is 62.2 cm³/mol. The largest absolute Gasteiger partial charge is 0.218 e. The summed E-state index contributed by atoms with van der Waals surface area (Å²) in [6.45, 7) is 1.93. The van der Waals surface area contributed by atoms with Gasteiger partial charge in [0.1, 0.15) is 11.0 Å². The van der Waals surface area contributed by atoms with Crippen LogP contribution in [-0.4, -0.2) is 8.42 Å². The molecule has 1 aromatic carbocycles. The van der Waals surface area contributed by atoms with Gasteiger partial charge in [0.2, 0.25) is 9.84 Å². The fraction of sp³-hybridized carbons (Fsp3) is 0.250. The monoisotopic (exact) mass is 235 g/mol. The Morgan fingerprint density at radius 1 is 1.38 bits per heavy atom. The number of nitriles is 1. The van der Waals surface area contributed by atoms with E-state index in [4.69, 9.17) is 5.26 Å². The molecule has 0 heterocycles. The normalized spacial score (nSPS) is 12.1. The fourth-order valence-electron chi connectivity index (χ4n) is 1.22. The number of sulfone groups is 1. The molecule has 0 saturated heterocycles. The maximum absolute atomic E-state index is 12.0. The summed E-state index contributed by atoms with van der Waals surface area (Å²) < 4.78 is 24.0. The van der Waals surface area contributed by atoms with Crippen LogP contribution < -0.4 is 0 Å². The number of benzene rings is 1. The Morgan fingerprint density at radius 2 is 2.00 bits per heavy atom. The lowest BCUT2D eigenvalue weighted by Gasteiger charge is -2.01. The van der Waals surface area contributed by atoms with Gasteiger partial charge in [0.05, 0.1) is 4.90 Å². The Bertz CT molecular complexity index is 510. The molecule has 3 nitrogen and oxygen atoms in total. The average Bonchev–Trinajstić information content (AvgIpc) is 2.31. The molecule has 0 spiro atoms. The van der Waals surface area contributed by atoms with Gasteiger partial charge in [-0.3, -0.25) is 0 Å². The number of nitrogens with zero attached hydrogens (tertiary/aromatic N) is 1. The van der Waals surface area contributed by atoms with Crippen molar-refractivity contribution in [2.45, 2.75) is 24.7 Å². The van der Waals surface area contributed by atoms with Crippen molar-refractivity contribution in [1.29, 1.82) is 5.26 Å². The summed E-state index contributed by atoms with van der Waals surface area (Å²) in [6, 6.07) is 9.75. The van der Waals surface area contributed by atoms with Crippen LogP contribution in [0.25, 0.3) is 0 Å². The van der Waals surface area contributed by atoms with E-state index >= 15 is 0 Å². The second-order valence-electron chi connectivity index (χ2n) is 3.29. The second-order valence-corrected chi connectivity index (χ2v) is 5.20. The van der Waals surface area contributed by atoms with Crippen LogP contribution in [0.4, 0.5) is 0 Å². The van der Waals surface area contributed by atoms with Gasteiger partial charge in [0.25, 0.3) is 0 Å². The van der Waals surface area contributed by atoms with Gasteiger partial charge in [0, 0.05) is 0 Å². The molecule has 0 unspecified atom stereocenters. The molecule has 0 aliphatic carbocycles. The molecule has 0 bridgehead atoms. The summed E-state index contributed by atoms with van der Waals surface area (Å²) >= 11 is 0. The van der Waals surface area contributed by atoms with Gasteiger partial charge >= 0.3 is 0 Å². The molecule has 0 amide bonds. The molecule has 0 saturated carbocycles. The highest BCUT2D eigenvalue weighted by molar-refractivity contribution is 7.95. The zero-order chi connectivity index (χ0) is 12.0. The van der Waals surface area contributed by atoms with E-state index in [9.17, 15) is 8.42 Å². The number of hydrogen-bond acceptors (Lipinski definition) is 3. The molecule has 0 aliphatic heterocycles. The molecule has 0 N–H and O–H groups in total. The summed E-state index contributed by atoms with van der Waals surface area (Å²) in [6.07, 6.45) is 2.88. The van der Waals surface area contributed by atoms with Gasteiger partial charge in [-0.1, -0.05) is 37.6 Å². The number of hydrogen-bond donors (Lipinski definition) is 0. The number of rotatable bonds is 4. The number of allylic oxidation sites excluding steroid dienone is 2. The zero-order valence-corrected chi connectivity index (χ0v) is 9.87. The lowest BCUT2D eigenvalue weighted by Crippen LogP contribution is -2.03. The number of unbranched alkanes of at least 4 members (excludes halogenated alkanes) is 1. The van der Waals surface area contributed by atoms with Crippen molar-refractivity contribution in [2.75, 3.05) is 0 Å². The van der Waals surface area contributed by atoms with E-state index in [1.54, 1.807) is 24.3 Å². The smallest absolute Gasteiger partial charge is 0.216 e. The van der Waals surface area contributed by atoms with E-state index in [0.717, 1.165) is 6.42 Å². The Balaban J connectivity index is 3.17. The van der Waals surface area contributed by atoms with Gasteiger partial charge in [-0.05, 0) is 18.6 Å². The molecule has 1 rings (SSSR count). The quantitative estimate of drug-likeness (QED) is 0.754. The van der Waals surface area contributed by atoms with Crippen molar-refractivity contribution in [3.8, 4) is 6.07 Å². The Labute approximate surface area is 95.9 Å². The highest BCUT2D eigenvalue weighted by Gasteiger charge is 2.19. The van der Waals surface area contributed by atoms with Crippen molar-refractivity contribution < 1.29 is 8.42 Å². The first-order valence-electron chi connectivity index (χ1n) is 5.03. The van der Waals surface area contributed by atoms with Gasteiger partial charge in [-0.15, -0.1) is 0 Å². The van der Waals surface area contributed by atoms with Crippen molar-refractivity contribution in [3.63, 3.8) is 0 Å². The summed E-state index contributed by atoms with van der Waals surface area (Å²) in [5.74, 6) is 0. The third-order valence-electron chi connectivity index (χ3n) is 2.07. The lowest BCUT2D eigenvalue weighted by molar-refractivity contribution is 0.603. The average molecular weight is 235 g/mol. The molecule has 1 aromatic rings. The lowest BCUT2D eigenvalue weighted by atomic mass is 10.3. The van der Waals surface area contributed by atoms with Crippen LogP contribution in [0.2, 0.25) is 0 Å². The third kappa shape index (κ3) is 2.71. The van der Waals surface area contributed by atoms with Crippen molar-refractivity contribution >= 4 is 9.84 Å². The van der Waals surface area contributed by atoms with Crippen LogP contribution in [0.5, 0.6) is 0 Å². The Morgan fingerprint density at radius 3 is 2.50 bits per heavy atom. The predicted octanol–water partition coefficient (Wildman–Crippen LogP) is 2.67. The van der Waals surface area contributed by atoms with Crippen molar-refractivity contribution in [1.82, 2.24) is 0 Å². The molecule has 16 heavy (non-hydrogen) atoms. The third-order valence-corrected chi connectivity index (χ3v) is 3.80. The molecule has 0 aliphatic rings. The van der Waals surface area contributed by atoms with E-state index in [1.807, 2.05) is 6.92 Å². The highest BCUT2D eigenvalue weighted by atomic mass is 32.2. The van der Waals surface area contributed by atoms with Gasteiger partial charge in [-0.2, -0.15) is 5.26 Å². The Hall–Kier alpha value is -1.60. The first kappa shape index (κ1) is 12.5. The molecule has 0 radical (unpaired) electrons. The molecule has 0 fully saturated rings. The minimum Gasteiger partial charge on any atom is -0.218 e. The van der Waals surface area contributed by atoms with Gasteiger partial charge in [-0.25, -0.2) is 8.42 Å². The summed E-state index contributed by atoms with van der Waals surface area (Å²) in [5.41, 5.74) is 0. The minimum atomic E-state index is -3.62. The van der Waals surface area contributed by atoms with E-state index in [1.165, 1.54) is 18.2 Å². The summed E-state index contributed by atoms with van der Waals surface area (Å²) in [4.78, 5) is -0.000506. The van der Waals surface area contributed by atoms with Crippen LogP contribution >= 0.6 is 0 Å². The molecule has 0 atom stereocenters. The zero-order valence-electron chi connectivity index (χ0n) is 9.05. The van der Waals surface area contributed by atoms with Crippen molar-refractivity contribution in [3.05, 3.63) is 41.3 Å². The van der Waals surface area contributed by atoms with Crippen LogP contribution in [0.1, 0.15) is 19.8 Å². The van der Waals surface area contributed by atoms with Crippen LogP contribution in [0.15, 0.2) is 46.2 Å². The molecule has 4 heteroatoms. The molecular formula is C12H13NO2S. The molecule has 84 valence electrons. The topological polar surface area (TPSA) is 57.9 Å². The molecular weight excluding hydrogens is 222 g/mol. The maximum atomic E-state index is 12.0. The summed E-state index contributed by atoms with van der Waals surface area (Å²) in [7, 11) is -3.62. The highest BCUT2D eigenvalue weighted by Crippen LogP contribution is 2.18. The Kier molecular flexibility index (Phi) is 4.27. The van der Waals surface area contributed by atoms with E-state index in [2.05, 4.69) is 0 Å². The molecule has 0 aromatic heterocycles. The minimum absolute atomic E-state index is 0.166. The first-order valence-corrected chi connectivity index (χ1v) is 6.51. The van der Waals surface area contributed by atoms with E-state index in [0.29, 0.717) is 6.42 Å². The van der Waals surface area contributed by atoms with E-state index < -0.39 is 9.84 Å². The standard InChI is InChI=1S/C12H13NO2S/c1-2-3-7-12(10-13)16(14,15)11-8-5-4-6-9-11/h4-9H,2-3H2,1H3. The first-order chi connectivity index (χ1) is 7.62. The SMILES string of the molecule is CCCC=C(C#N)S(=O)(=O)c1ccccc1. The van der Waals surface area contributed by atoms with Gasteiger partial charge < -0.3 is 0 Å².